The zero-order valence-corrected chi connectivity index (χ0v) is 14.0. The third-order valence-electron chi connectivity index (χ3n) is 3.84. The van der Waals surface area contributed by atoms with Gasteiger partial charge in [-0.3, -0.25) is 4.79 Å². The third kappa shape index (κ3) is 3.77. The molecule has 0 unspecified atom stereocenters. The largest absolute Gasteiger partial charge is 0.491 e. The minimum atomic E-state index is -0.0639. The highest BCUT2D eigenvalue weighted by atomic mass is 16.5. The molecule has 0 radical (unpaired) electrons. The molecular weight excluding hydrogens is 300 g/mol. The summed E-state index contributed by atoms with van der Waals surface area (Å²) in [5, 5.41) is 4.18. The summed E-state index contributed by atoms with van der Waals surface area (Å²) in [4.78, 5) is 15.5. The van der Waals surface area contributed by atoms with E-state index in [0.29, 0.717) is 12.1 Å². The second-order valence-electron chi connectivity index (χ2n) is 6.06. The molecule has 4 nitrogen and oxygen atoms in total. The average molecular weight is 322 g/mol. The van der Waals surface area contributed by atoms with Crippen LogP contribution in [-0.2, 0) is 6.42 Å². The molecule has 0 saturated heterocycles. The Kier molecular flexibility index (Phi) is 4.85. The van der Waals surface area contributed by atoms with E-state index in [1.807, 2.05) is 44.3 Å². The quantitative estimate of drug-likeness (QED) is 0.722. The van der Waals surface area contributed by atoms with E-state index in [4.69, 9.17) is 4.74 Å². The topological polar surface area (TPSA) is 54.1 Å². The van der Waals surface area contributed by atoms with Crippen molar-refractivity contribution in [1.82, 2.24) is 10.3 Å². The first kappa shape index (κ1) is 16.1. The second-order valence-corrected chi connectivity index (χ2v) is 6.06. The number of nitrogens with one attached hydrogen (secondary N) is 2. The summed E-state index contributed by atoms with van der Waals surface area (Å²) in [5.74, 6) is 0.714. The molecule has 3 aromatic rings. The highest BCUT2D eigenvalue weighted by molar-refractivity contribution is 5.94. The van der Waals surface area contributed by atoms with Gasteiger partial charge in [0.15, 0.2) is 0 Å². The van der Waals surface area contributed by atoms with Crippen molar-refractivity contribution in [2.45, 2.75) is 26.4 Å². The molecule has 2 N–H and O–H groups in total. The zero-order chi connectivity index (χ0) is 16.9. The van der Waals surface area contributed by atoms with Crippen LogP contribution in [0.15, 0.2) is 54.7 Å². The van der Waals surface area contributed by atoms with Crippen LogP contribution in [0.4, 0.5) is 0 Å². The summed E-state index contributed by atoms with van der Waals surface area (Å²) >= 11 is 0. The van der Waals surface area contributed by atoms with Gasteiger partial charge in [-0.1, -0.05) is 18.2 Å². The van der Waals surface area contributed by atoms with Crippen LogP contribution >= 0.6 is 0 Å². The first-order valence-electron chi connectivity index (χ1n) is 8.23. The van der Waals surface area contributed by atoms with Crippen LogP contribution in [0.5, 0.6) is 5.75 Å². The number of hydrogen-bond donors (Lipinski definition) is 2. The van der Waals surface area contributed by atoms with Crippen LogP contribution in [0, 0.1) is 0 Å². The van der Waals surface area contributed by atoms with Crippen LogP contribution in [0.3, 0.4) is 0 Å². The van der Waals surface area contributed by atoms with E-state index in [0.717, 1.165) is 17.7 Å². The highest BCUT2D eigenvalue weighted by Crippen LogP contribution is 2.18. The van der Waals surface area contributed by atoms with Crippen LogP contribution in [0.1, 0.15) is 29.8 Å². The Morgan fingerprint density at radius 1 is 1.12 bits per heavy atom. The lowest BCUT2D eigenvalue weighted by atomic mass is 10.1. The molecule has 0 bridgehead atoms. The van der Waals surface area contributed by atoms with E-state index in [9.17, 15) is 4.79 Å². The Balaban J connectivity index is 1.55. The van der Waals surface area contributed by atoms with Crippen LogP contribution in [0.25, 0.3) is 10.9 Å². The first-order valence-corrected chi connectivity index (χ1v) is 8.23. The molecule has 0 fully saturated rings. The van der Waals surface area contributed by atoms with Crippen molar-refractivity contribution in [3.8, 4) is 5.75 Å². The summed E-state index contributed by atoms with van der Waals surface area (Å²) in [7, 11) is 0. The Morgan fingerprint density at radius 3 is 2.62 bits per heavy atom. The molecule has 3 rings (SSSR count). The highest BCUT2D eigenvalue weighted by Gasteiger charge is 2.07. The lowest BCUT2D eigenvalue weighted by molar-refractivity contribution is 0.0954. The van der Waals surface area contributed by atoms with E-state index in [2.05, 4.69) is 22.4 Å². The second kappa shape index (κ2) is 7.21. The summed E-state index contributed by atoms with van der Waals surface area (Å²) in [6.45, 7) is 4.56. The summed E-state index contributed by atoms with van der Waals surface area (Å²) in [6, 6.07) is 15.4. The Labute approximate surface area is 141 Å². The number of para-hydroxylation sites is 1. The van der Waals surface area contributed by atoms with Gasteiger partial charge in [0, 0.05) is 29.2 Å². The SMILES string of the molecule is CC(C)Oc1ccc(C(=O)NCCc2c[nH]c3ccccc23)cc1. The molecule has 1 amide bonds. The number of benzene rings is 2. The van der Waals surface area contributed by atoms with E-state index in [1.54, 1.807) is 12.1 Å². The number of carbonyl (C=O) groups is 1. The number of fused-ring (bicyclic) bond motifs is 1. The maximum absolute atomic E-state index is 12.2. The van der Waals surface area contributed by atoms with Crippen LogP contribution in [-0.4, -0.2) is 23.5 Å². The summed E-state index contributed by atoms with van der Waals surface area (Å²) < 4.78 is 5.58. The minimum Gasteiger partial charge on any atom is -0.491 e. The van der Waals surface area contributed by atoms with Crippen LogP contribution in [0.2, 0.25) is 0 Å². The molecule has 0 aliphatic heterocycles. The number of aromatic nitrogens is 1. The fraction of sp³-hybridized carbons (Fsp3) is 0.250. The van der Waals surface area contributed by atoms with Gasteiger partial charge in [-0.2, -0.15) is 0 Å². The lowest BCUT2D eigenvalue weighted by Gasteiger charge is -2.10. The first-order chi connectivity index (χ1) is 11.6. The van der Waals surface area contributed by atoms with Gasteiger partial charge in [-0.15, -0.1) is 0 Å². The Hall–Kier alpha value is -2.75. The molecule has 0 atom stereocenters. The van der Waals surface area contributed by atoms with E-state index in [1.165, 1.54) is 10.9 Å². The number of aromatic amines is 1. The molecule has 0 saturated carbocycles. The number of carbonyl (C=O) groups excluding carboxylic acids is 1. The molecule has 124 valence electrons. The van der Waals surface area contributed by atoms with Gasteiger partial charge in [0.1, 0.15) is 5.75 Å². The predicted molar refractivity (Wildman–Crippen MR) is 96.5 cm³/mol. The molecule has 1 aromatic heterocycles. The molecule has 24 heavy (non-hydrogen) atoms. The fourth-order valence-electron chi connectivity index (χ4n) is 2.71. The van der Waals surface area contributed by atoms with Gasteiger partial charge >= 0.3 is 0 Å². The molecule has 0 spiro atoms. The Bertz CT molecular complexity index is 819. The number of ether oxygens (including phenoxy) is 1. The molecule has 0 aliphatic rings. The van der Waals surface area contributed by atoms with Crippen molar-refractivity contribution in [2.75, 3.05) is 6.54 Å². The van der Waals surface area contributed by atoms with Gasteiger partial charge in [-0.25, -0.2) is 0 Å². The van der Waals surface area contributed by atoms with Gasteiger partial charge in [0.05, 0.1) is 6.10 Å². The minimum absolute atomic E-state index is 0.0639. The monoisotopic (exact) mass is 322 g/mol. The van der Waals surface area contributed by atoms with E-state index >= 15 is 0 Å². The number of H-pyrrole nitrogens is 1. The van der Waals surface area contributed by atoms with Crippen molar-refractivity contribution < 1.29 is 9.53 Å². The number of rotatable bonds is 6. The van der Waals surface area contributed by atoms with Gasteiger partial charge in [-0.05, 0) is 56.2 Å². The molecule has 2 aromatic carbocycles. The van der Waals surface area contributed by atoms with Crippen LogP contribution < -0.4 is 10.1 Å². The maximum atomic E-state index is 12.2. The third-order valence-corrected chi connectivity index (χ3v) is 3.84. The van der Waals surface area contributed by atoms with E-state index < -0.39 is 0 Å². The predicted octanol–water partition coefficient (Wildman–Crippen LogP) is 3.93. The normalized spacial score (nSPS) is 11.0. The molecule has 0 aliphatic carbocycles. The lowest BCUT2D eigenvalue weighted by Crippen LogP contribution is -2.25. The number of hydrogen-bond acceptors (Lipinski definition) is 2. The Morgan fingerprint density at radius 2 is 1.88 bits per heavy atom. The van der Waals surface area contributed by atoms with E-state index in [-0.39, 0.29) is 12.0 Å². The zero-order valence-electron chi connectivity index (χ0n) is 14.0. The van der Waals surface area contributed by atoms with Crippen molar-refractivity contribution in [3.63, 3.8) is 0 Å². The van der Waals surface area contributed by atoms with Crippen molar-refractivity contribution >= 4 is 16.8 Å². The summed E-state index contributed by atoms with van der Waals surface area (Å²) in [5.41, 5.74) is 2.98. The smallest absolute Gasteiger partial charge is 0.251 e. The molecule has 4 heteroatoms. The van der Waals surface area contributed by atoms with Gasteiger partial charge in [0.25, 0.3) is 5.91 Å². The fourth-order valence-corrected chi connectivity index (χ4v) is 2.71. The summed E-state index contributed by atoms with van der Waals surface area (Å²) in [6.07, 6.45) is 2.93. The van der Waals surface area contributed by atoms with Gasteiger partial charge < -0.3 is 15.0 Å². The molecular formula is C20H22N2O2. The van der Waals surface area contributed by atoms with Gasteiger partial charge in [0.2, 0.25) is 0 Å². The van der Waals surface area contributed by atoms with Crippen molar-refractivity contribution in [3.05, 3.63) is 65.9 Å². The average Bonchev–Trinajstić information content (AvgIpc) is 2.98. The molecule has 1 heterocycles. The standard InChI is InChI=1S/C20H22N2O2/c1-14(2)24-17-9-7-15(8-10-17)20(23)21-12-11-16-13-22-19-6-4-3-5-18(16)19/h3-10,13-14,22H,11-12H2,1-2H3,(H,21,23). The van der Waals surface area contributed by atoms with Crippen molar-refractivity contribution in [1.29, 1.82) is 0 Å². The number of amides is 1. The maximum Gasteiger partial charge on any atom is 0.251 e. The van der Waals surface area contributed by atoms with Crippen molar-refractivity contribution in [2.24, 2.45) is 0 Å².